The van der Waals surface area contributed by atoms with Crippen LogP contribution in [0.4, 0.5) is 0 Å². The van der Waals surface area contributed by atoms with Crippen LogP contribution in [0.1, 0.15) is 20.7 Å². The first kappa shape index (κ1) is 16.4. The van der Waals surface area contributed by atoms with Crippen LogP contribution in [0.25, 0.3) is 0 Å². The maximum atomic E-state index is 12.3. The van der Waals surface area contributed by atoms with Gasteiger partial charge in [0.15, 0.2) is 0 Å². The third-order valence-corrected chi connectivity index (χ3v) is 5.68. The second-order valence-corrected chi connectivity index (χ2v) is 7.44. The molecular weight excluding hydrogens is 330 g/mol. The fourth-order valence-electron chi connectivity index (χ4n) is 2.75. The Labute approximate surface area is 145 Å². The molecule has 1 fully saturated rings. The van der Waals surface area contributed by atoms with Gasteiger partial charge >= 0.3 is 0 Å². The predicted molar refractivity (Wildman–Crippen MR) is 95.9 cm³/mol. The molecule has 2 amide bonds. The maximum absolute atomic E-state index is 12.3. The number of fused-ring (bicyclic) bond motifs is 1. The normalized spacial score (nSPS) is 18.5. The van der Waals surface area contributed by atoms with E-state index in [4.69, 9.17) is 12.2 Å². The van der Waals surface area contributed by atoms with Crippen LogP contribution in [0.3, 0.4) is 0 Å². The monoisotopic (exact) mass is 349 g/mol. The van der Waals surface area contributed by atoms with E-state index in [9.17, 15) is 9.59 Å². The summed E-state index contributed by atoms with van der Waals surface area (Å²) in [4.78, 5) is 30.3. The summed E-state index contributed by atoms with van der Waals surface area (Å²) in [6.07, 6.45) is 0. The summed E-state index contributed by atoms with van der Waals surface area (Å²) in [6, 6.07) is 6.98. The highest BCUT2D eigenvalue weighted by Gasteiger charge is 2.34. The van der Waals surface area contributed by atoms with Gasteiger partial charge in [-0.25, -0.2) is 0 Å². The van der Waals surface area contributed by atoms with Gasteiger partial charge in [-0.05, 0) is 19.2 Å². The summed E-state index contributed by atoms with van der Waals surface area (Å²) in [5.41, 5.74) is 1.01. The Hall–Kier alpha value is -1.44. The zero-order valence-corrected chi connectivity index (χ0v) is 14.7. The smallest absolute Gasteiger partial charge is 0.261 e. The minimum absolute atomic E-state index is 0.197. The quantitative estimate of drug-likeness (QED) is 0.609. The van der Waals surface area contributed by atoms with E-state index < -0.39 is 0 Å². The second kappa shape index (κ2) is 6.98. The van der Waals surface area contributed by atoms with Gasteiger partial charge in [0.2, 0.25) is 0 Å². The van der Waals surface area contributed by atoms with Gasteiger partial charge in [0.05, 0.1) is 11.1 Å². The summed E-state index contributed by atoms with van der Waals surface area (Å²) in [5, 5.41) is 0. The first-order valence-electron chi connectivity index (χ1n) is 7.63. The summed E-state index contributed by atoms with van der Waals surface area (Å²) in [5.74, 6) is 0.241. The van der Waals surface area contributed by atoms with E-state index in [1.165, 1.54) is 4.90 Å². The fourth-order valence-corrected chi connectivity index (χ4v) is 3.99. The van der Waals surface area contributed by atoms with E-state index in [-0.39, 0.29) is 11.8 Å². The number of thioether (sulfide) groups is 1. The molecule has 0 spiro atoms. The number of piperazine rings is 1. The molecule has 122 valence electrons. The Kier molecular flexibility index (Phi) is 4.99. The average molecular weight is 349 g/mol. The molecule has 0 atom stereocenters. The molecule has 23 heavy (non-hydrogen) atoms. The van der Waals surface area contributed by atoms with Crippen LogP contribution in [0.2, 0.25) is 0 Å². The van der Waals surface area contributed by atoms with Crippen molar-refractivity contribution in [2.45, 2.75) is 0 Å². The van der Waals surface area contributed by atoms with Crippen LogP contribution in [-0.4, -0.2) is 76.4 Å². The van der Waals surface area contributed by atoms with Gasteiger partial charge in [0.1, 0.15) is 4.32 Å². The topological polar surface area (TPSA) is 43.9 Å². The summed E-state index contributed by atoms with van der Waals surface area (Å²) in [6.45, 7) is 4.30. The zero-order valence-electron chi connectivity index (χ0n) is 13.0. The number of thiocarbonyl (C=S) groups is 1. The highest BCUT2D eigenvalue weighted by Crippen LogP contribution is 2.23. The number of rotatable bonds is 3. The van der Waals surface area contributed by atoms with Crippen molar-refractivity contribution in [3.63, 3.8) is 0 Å². The molecular formula is C16H19N3O2S2. The van der Waals surface area contributed by atoms with Crippen LogP contribution >= 0.6 is 24.0 Å². The highest BCUT2D eigenvalue weighted by molar-refractivity contribution is 8.22. The summed E-state index contributed by atoms with van der Waals surface area (Å²) >= 11 is 7.01. The SMILES string of the molecule is CN1CCN(C(=S)SCCN2C(=O)c3ccccc3C2=O)CC1. The number of hydrogen-bond donors (Lipinski definition) is 0. The first-order chi connectivity index (χ1) is 11.1. The Bertz CT molecular complexity index is 607. The average Bonchev–Trinajstić information content (AvgIpc) is 2.81. The van der Waals surface area contributed by atoms with Gasteiger partial charge in [0, 0.05) is 38.5 Å². The number of amides is 2. The molecule has 3 rings (SSSR count). The lowest BCUT2D eigenvalue weighted by atomic mass is 10.1. The molecule has 1 aromatic carbocycles. The van der Waals surface area contributed by atoms with Crippen molar-refractivity contribution < 1.29 is 9.59 Å². The molecule has 2 aliphatic rings. The molecule has 0 N–H and O–H groups in total. The van der Waals surface area contributed by atoms with Crippen LogP contribution in [0.15, 0.2) is 24.3 Å². The number of carbonyl (C=O) groups excluding carboxylic acids is 2. The van der Waals surface area contributed by atoms with E-state index in [1.54, 1.807) is 36.0 Å². The Balaban J connectivity index is 1.51. The van der Waals surface area contributed by atoms with Gasteiger partial charge in [-0.3, -0.25) is 14.5 Å². The molecule has 1 saturated heterocycles. The molecule has 0 bridgehead atoms. The zero-order chi connectivity index (χ0) is 16.4. The second-order valence-electron chi connectivity index (χ2n) is 5.71. The van der Waals surface area contributed by atoms with Crippen molar-refractivity contribution in [2.75, 3.05) is 45.5 Å². The van der Waals surface area contributed by atoms with Crippen molar-refractivity contribution in [1.29, 1.82) is 0 Å². The number of carbonyl (C=O) groups is 2. The van der Waals surface area contributed by atoms with Crippen molar-refractivity contribution >= 4 is 40.1 Å². The van der Waals surface area contributed by atoms with E-state index in [1.807, 2.05) is 0 Å². The molecule has 2 aliphatic heterocycles. The number of nitrogens with zero attached hydrogens (tertiary/aromatic N) is 3. The van der Waals surface area contributed by atoms with Crippen molar-refractivity contribution in [2.24, 2.45) is 0 Å². The van der Waals surface area contributed by atoms with Gasteiger partial charge in [-0.15, -0.1) is 0 Å². The molecule has 5 nitrogen and oxygen atoms in total. The third kappa shape index (κ3) is 3.41. The van der Waals surface area contributed by atoms with Crippen LogP contribution in [0, 0.1) is 0 Å². The van der Waals surface area contributed by atoms with Gasteiger partial charge in [-0.1, -0.05) is 36.1 Å². The van der Waals surface area contributed by atoms with Crippen LogP contribution in [0.5, 0.6) is 0 Å². The highest BCUT2D eigenvalue weighted by atomic mass is 32.2. The molecule has 0 saturated carbocycles. The van der Waals surface area contributed by atoms with Crippen LogP contribution < -0.4 is 0 Å². The van der Waals surface area contributed by atoms with Crippen molar-refractivity contribution in [1.82, 2.24) is 14.7 Å². The largest absolute Gasteiger partial charge is 0.355 e. The Morgan fingerprint density at radius 1 is 1.09 bits per heavy atom. The van der Waals surface area contributed by atoms with Gasteiger partial charge < -0.3 is 9.80 Å². The summed E-state index contributed by atoms with van der Waals surface area (Å²) in [7, 11) is 2.11. The number of imide groups is 1. The van der Waals surface area contributed by atoms with E-state index >= 15 is 0 Å². The first-order valence-corrected chi connectivity index (χ1v) is 9.03. The minimum Gasteiger partial charge on any atom is -0.355 e. The van der Waals surface area contributed by atoms with Gasteiger partial charge in [-0.2, -0.15) is 0 Å². The van der Waals surface area contributed by atoms with Gasteiger partial charge in [0.25, 0.3) is 11.8 Å². The predicted octanol–water partition coefficient (Wildman–Crippen LogP) is 1.55. The molecule has 0 radical (unpaired) electrons. The van der Waals surface area contributed by atoms with E-state index in [0.717, 1.165) is 30.5 Å². The van der Waals surface area contributed by atoms with Crippen molar-refractivity contribution in [3.8, 4) is 0 Å². The van der Waals surface area contributed by atoms with Crippen molar-refractivity contribution in [3.05, 3.63) is 35.4 Å². The molecule has 0 aliphatic carbocycles. The number of hydrogen-bond acceptors (Lipinski definition) is 5. The molecule has 0 unspecified atom stereocenters. The standard InChI is InChI=1S/C16H19N3O2S2/c1-17-6-8-18(9-7-17)16(22)23-11-10-19-14(20)12-4-2-3-5-13(12)15(19)21/h2-5H,6-11H2,1H3. The lowest BCUT2D eigenvalue weighted by Crippen LogP contribution is -2.46. The van der Waals surface area contributed by atoms with Crippen LogP contribution in [-0.2, 0) is 0 Å². The summed E-state index contributed by atoms with van der Waals surface area (Å²) < 4.78 is 0.856. The third-order valence-electron chi connectivity index (χ3n) is 4.18. The molecule has 7 heteroatoms. The lowest BCUT2D eigenvalue weighted by molar-refractivity contribution is 0.0664. The van der Waals surface area contributed by atoms with E-state index in [2.05, 4.69) is 16.8 Å². The number of likely N-dealkylation sites (N-methyl/N-ethyl adjacent to an activating group) is 1. The number of benzene rings is 1. The Morgan fingerprint density at radius 2 is 1.65 bits per heavy atom. The molecule has 2 heterocycles. The fraction of sp³-hybridized carbons (Fsp3) is 0.438. The van der Waals surface area contributed by atoms with E-state index in [0.29, 0.717) is 23.4 Å². The Morgan fingerprint density at radius 3 is 2.22 bits per heavy atom. The molecule has 1 aromatic rings. The minimum atomic E-state index is -0.197. The lowest BCUT2D eigenvalue weighted by Gasteiger charge is -2.33. The maximum Gasteiger partial charge on any atom is 0.261 e. The molecule has 0 aromatic heterocycles.